The summed E-state index contributed by atoms with van der Waals surface area (Å²) in [5, 5.41) is 14.3. The van der Waals surface area contributed by atoms with Crippen molar-refractivity contribution in [1.29, 1.82) is 0 Å². The lowest BCUT2D eigenvalue weighted by molar-refractivity contribution is 0.102. The molecule has 2 aromatic carbocycles. The van der Waals surface area contributed by atoms with Gasteiger partial charge in [-0.1, -0.05) is 48.0 Å². The van der Waals surface area contributed by atoms with Crippen molar-refractivity contribution in [3.05, 3.63) is 82.5 Å². The number of aromatic nitrogens is 2. The van der Waals surface area contributed by atoms with Crippen LogP contribution in [0, 0.1) is 20.8 Å². The zero-order valence-corrected chi connectivity index (χ0v) is 15.2. The predicted octanol–water partition coefficient (Wildman–Crippen LogP) is 4.27. The molecular weight excluding hydrogens is 324 g/mol. The SMILES string of the molecule is Cc1ccc(CNc2ccc(C(=O)Nc3c(C)cccc3C)nn2)cc1. The first-order valence-corrected chi connectivity index (χ1v) is 8.53. The Bertz CT molecular complexity index is 882. The third kappa shape index (κ3) is 4.25. The molecule has 1 amide bonds. The van der Waals surface area contributed by atoms with Crippen LogP contribution >= 0.6 is 0 Å². The molecule has 0 radical (unpaired) electrons. The molecule has 0 spiro atoms. The first-order valence-electron chi connectivity index (χ1n) is 8.53. The third-order valence-corrected chi connectivity index (χ3v) is 4.21. The first kappa shape index (κ1) is 17.6. The number of anilines is 2. The molecule has 0 saturated heterocycles. The zero-order valence-electron chi connectivity index (χ0n) is 15.2. The summed E-state index contributed by atoms with van der Waals surface area (Å²) in [6.07, 6.45) is 0. The maximum Gasteiger partial charge on any atom is 0.276 e. The fraction of sp³-hybridized carbons (Fsp3) is 0.190. The molecule has 0 unspecified atom stereocenters. The molecule has 2 N–H and O–H groups in total. The minimum absolute atomic E-state index is 0.264. The van der Waals surface area contributed by atoms with Crippen LogP contribution in [-0.4, -0.2) is 16.1 Å². The van der Waals surface area contributed by atoms with Gasteiger partial charge in [0, 0.05) is 12.2 Å². The second-order valence-electron chi connectivity index (χ2n) is 6.36. The molecule has 5 nitrogen and oxygen atoms in total. The van der Waals surface area contributed by atoms with Crippen LogP contribution in [0.15, 0.2) is 54.6 Å². The molecule has 3 aromatic rings. The number of hydrogen-bond acceptors (Lipinski definition) is 4. The largest absolute Gasteiger partial charge is 0.365 e. The van der Waals surface area contributed by atoms with E-state index in [9.17, 15) is 4.79 Å². The van der Waals surface area contributed by atoms with E-state index in [0.29, 0.717) is 12.4 Å². The molecule has 0 saturated carbocycles. The standard InChI is InChI=1S/C21H22N4O/c1-14-7-9-17(10-8-14)13-22-19-12-11-18(24-25-19)21(26)23-20-15(2)5-4-6-16(20)3/h4-12H,13H2,1-3H3,(H,22,25)(H,23,26). The van der Waals surface area contributed by atoms with Crippen LogP contribution in [0.25, 0.3) is 0 Å². The molecule has 26 heavy (non-hydrogen) atoms. The van der Waals surface area contributed by atoms with E-state index >= 15 is 0 Å². The van der Waals surface area contributed by atoms with Gasteiger partial charge in [0.25, 0.3) is 5.91 Å². The van der Waals surface area contributed by atoms with E-state index in [-0.39, 0.29) is 11.6 Å². The van der Waals surface area contributed by atoms with Gasteiger partial charge in [-0.25, -0.2) is 0 Å². The summed E-state index contributed by atoms with van der Waals surface area (Å²) in [7, 11) is 0. The van der Waals surface area contributed by atoms with E-state index in [1.54, 1.807) is 12.1 Å². The molecule has 0 aliphatic carbocycles. The monoisotopic (exact) mass is 346 g/mol. The number of para-hydroxylation sites is 1. The predicted molar refractivity (Wildman–Crippen MR) is 104 cm³/mol. The van der Waals surface area contributed by atoms with Gasteiger partial charge in [-0.15, -0.1) is 10.2 Å². The molecule has 0 bridgehead atoms. The molecule has 5 heteroatoms. The van der Waals surface area contributed by atoms with Gasteiger partial charge < -0.3 is 10.6 Å². The van der Waals surface area contributed by atoms with Crippen LogP contribution in [0.1, 0.15) is 32.7 Å². The van der Waals surface area contributed by atoms with Crippen molar-refractivity contribution in [2.75, 3.05) is 10.6 Å². The second kappa shape index (κ2) is 7.78. The Morgan fingerprint density at radius 2 is 1.58 bits per heavy atom. The second-order valence-corrected chi connectivity index (χ2v) is 6.36. The number of carbonyl (C=O) groups is 1. The molecule has 3 rings (SSSR count). The molecule has 0 atom stereocenters. The summed E-state index contributed by atoms with van der Waals surface area (Å²) < 4.78 is 0. The molecule has 0 fully saturated rings. The van der Waals surface area contributed by atoms with Crippen LogP contribution in [0.3, 0.4) is 0 Å². The summed E-state index contributed by atoms with van der Waals surface area (Å²) in [5.41, 5.74) is 5.53. The van der Waals surface area contributed by atoms with Gasteiger partial charge in [-0.3, -0.25) is 4.79 Å². The first-order chi connectivity index (χ1) is 12.5. The van der Waals surface area contributed by atoms with Gasteiger partial charge in [0.05, 0.1) is 0 Å². The Morgan fingerprint density at radius 3 is 2.19 bits per heavy atom. The van der Waals surface area contributed by atoms with E-state index in [1.807, 2.05) is 32.0 Å². The van der Waals surface area contributed by atoms with Gasteiger partial charge >= 0.3 is 0 Å². The lowest BCUT2D eigenvalue weighted by atomic mass is 10.1. The number of carbonyl (C=O) groups excluding carboxylic acids is 1. The van der Waals surface area contributed by atoms with Crippen molar-refractivity contribution >= 4 is 17.4 Å². The van der Waals surface area contributed by atoms with Crippen LogP contribution < -0.4 is 10.6 Å². The zero-order chi connectivity index (χ0) is 18.5. The minimum atomic E-state index is -0.264. The third-order valence-electron chi connectivity index (χ3n) is 4.21. The summed E-state index contributed by atoms with van der Waals surface area (Å²) in [4.78, 5) is 12.4. The summed E-state index contributed by atoms with van der Waals surface area (Å²) in [5.74, 6) is 0.370. The molecule has 1 aromatic heterocycles. The number of rotatable bonds is 5. The van der Waals surface area contributed by atoms with Gasteiger partial charge in [-0.2, -0.15) is 0 Å². The minimum Gasteiger partial charge on any atom is -0.365 e. The van der Waals surface area contributed by atoms with Crippen LogP contribution in [0.5, 0.6) is 0 Å². The Balaban J connectivity index is 1.63. The molecular formula is C21H22N4O. The van der Waals surface area contributed by atoms with E-state index in [0.717, 1.165) is 22.4 Å². The highest BCUT2D eigenvalue weighted by molar-refractivity contribution is 6.03. The highest BCUT2D eigenvalue weighted by atomic mass is 16.1. The van der Waals surface area contributed by atoms with Gasteiger partial charge in [0.1, 0.15) is 5.82 Å². The Morgan fingerprint density at radius 1 is 0.885 bits per heavy atom. The highest BCUT2D eigenvalue weighted by Crippen LogP contribution is 2.20. The lowest BCUT2D eigenvalue weighted by Gasteiger charge is -2.11. The molecule has 1 heterocycles. The van der Waals surface area contributed by atoms with Crippen molar-refractivity contribution in [3.63, 3.8) is 0 Å². The van der Waals surface area contributed by atoms with E-state index < -0.39 is 0 Å². The normalized spacial score (nSPS) is 10.4. The van der Waals surface area contributed by atoms with E-state index in [4.69, 9.17) is 0 Å². The van der Waals surface area contributed by atoms with Crippen LogP contribution in [0.2, 0.25) is 0 Å². The average molecular weight is 346 g/mol. The average Bonchev–Trinajstić information content (AvgIpc) is 2.65. The van der Waals surface area contributed by atoms with Crippen LogP contribution in [0.4, 0.5) is 11.5 Å². The Kier molecular flexibility index (Phi) is 5.27. The van der Waals surface area contributed by atoms with E-state index in [2.05, 4.69) is 52.0 Å². The maximum absolute atomic E-state index is 12.4. The topological polar surface area (TPSA) is 66.9 Å². The highest BCUT2D eigenvalue weighted by Gasteiger charge is 2.11. The van der Waals surface area contributed by atoms with Crippen molar-refractivity contribution < 1.29 is 4.79 Å². The maximum atomic E-state index is 12.4. The number of nitrogens with zero attached hydrogens (tertiary/aromatic N) is 2. The number of aryl methyl sites for hydroxylation is 3. The smallest absolute Gasteiger partial charge is 0.276 e. The fourth-order valence-electron chi connectivity index (χ4n) is 2.64. The summed E-state index contributed by atoms with van der Waals surface area (Å²) in [6, 6.07) is 17.6. The Hall–Kier alpha value is -3.21. The molecule has 132 valence electrons. The van der Waals surface area contributed by atoms with Crippen molar-refractivity contribution in [2.24, 2.45) is 0 Å². The fourth-order valence-corrected chi connectivity index (χ4v) is 2.64. The number of amides is 1. The number of hydrogen-bond donors (Lipinski definition) is 2. The summed E-state index contributed by atoms with van der Waals surface area (Å²) >= 11 is 0. The quantitative estimate of drug-likeness (QED) is 0.724. The van der Waals surface area contributed by atoms with Gasteiger partial charge in [0.2, 0.25) is 0 Å². The van der Waals surface area contributed by atoms with Crippen LogP contribution in [-0.2, 0) is 6.54 Å². The van der Waals surface area contributed by atoms with Crippen molar-refractivity contribution in [2.45, 2.75) is 27.3 Å². The van der Waals surface area contributed by atoms with Gasteiger partial charge in [0.15, 0.2) is 5.69 Å². The van der Waals surface area contributed by atoms with Crippen molar-refractivity contribution in [1.82, 2.24) is 10.2 Å². The summed E-state index contributed by atoms with van der Waals surface area (Å²) in [6.45, 7) is 6.65. The number of nitrogens with one attached hydrogen (secondary N) is 2. The van der Waals surface area contributed by atoms with Gasteiger partial charge in [-0.05, 0) is 49.6 Å². The van der Waals surface area contributed by atoms with Crippen molar-refractivity contribution in [3.8, 4) is 0 Å². The Labute approximate surface area is 153 Å². The lowest BCUT2D eigenvalue weighted by Crippen LogP contribution is -2.16. The van der Waals surface area contributed by atoms with E-state index in [1.165, 1.54) is 5.56 Å². The molecule has 0 aliphatic rings. The molecule has 0 aliphatic heterocycles. The number of benzene rings is 2.